The molecule has 228 valence electrons. The maximum absolute atomic E-state index is 13.6. The van der Waals surface area contributed by atoms with Crippen LogP contribution >= 0.6 is 0 Å². The molecule has 2 aliphatic rings. The molecule has 13 heteroatoms. The van der Waals surface area contributed by atoms with Crippen molar-refractivity contribution in [3.05, 3.63) is 65.2 Å². The van der Waals surface area contributed by atoms with Crippen LogP contribution in [0.25, 0.3) is 0 Å². The van der Waals surface area contributed by atoms with Gasteiger partial charge in [-0.15, -0.1) is 0 Å². The highest BCUT2D eigenvalue weighted by atomic mass is 19.4. The molecule has 3 unspecified atom stereocenters. The zero-order valence-electron chi connectivity index (χ0n) is 22.8. The van der Waals surface area contributed by atoms with Gasteiger partial charge >= 0.3 is 18.3 Å². The number of hydrogen-bond acceptors (Lipinski definition) is 5. The molecule has 1 N–H and O–H groups in total. The standard InChI is InChI=1S/C29H31F6N3O4/c1-18(39)37-13-14-38(26(40)15-19-4-6-20(7-5-19)28(30,31)32)25(17-37)24(16-22-3-2-12-36-22)27(41)42-23-10-8-21(9-11-23)29(33,34)35/h4-11,22,24-25,36H,2-3,12-17H2,1H3. The van der Waals surface area contributed by atoms with Gasteiger partial charge in [-0.05, 0) is 67.8 Å². The molecule has 0 radical (unpaired) electrons. The number of hydrogen-bond donors (Lipinski definition) is 1. The summed E-state index contributed by atoms with van der Waals surface area (Å²) in [5, 5.41) is 3.30. The number of piperazine rings is 1. The Morgan fingerprint density at radius 1 is 0.929 bits per heavy atom. The third-order valence-electron chi connectivity index (χ3n) is 7.69. The minimum Gasteiger partial charge on any atom is -0.426 e. The molecule has 2 heterocycles. The first kappa shape index (κ1) is 31.3. The topological polar surface area (TPSA) is 79.0 Å². The van der Waals surface area contributed by atoms with Crippen molar-refractivity contribution in [1.82, 2.24) is 15.1 Å². The highest BCUT2D eigenvalue weighted by molar-refractivity contribution is 5.82. The highest BCUT2D eigenvalue weighted by Gasteiger charge is 2.42. The summed E-state index contributed by atoms with van der Waals surface area (Å²) in [4.78, 5) is 42.4. The zero-order valence-corrected chi connectivity index (χ0v) is 22.8. The van der Waals surface area contributed by atoms with E-state index in [4.69, 9.17) is 4.74 Å². The monoisotopic (exact) mass is 599 g/mol. The van der Waals surface area contributed by atoms with Gasteiger partial charge in [0.25, 0.3) is 0 Å². The number of carbonyl (C=O) groups is 3. The van der Waals surface area contributed by atoms with E-state index < -0.39 is 47.3 Å². The van der Waals surface area contributed by atoms with Gasteiger partial charge in [0.1, 0.15) is 5.75 Å². The van der Waals surface area contributed by atoms with Crippen molar-refractivity contribution in [2.24, 2.45) is 5.92 Å². The lowest BCUT2D eigenvalue weighted by Crippen LogP contribution is -2.61. The van der Waals surface area contributed by atoms with Crippen LogP contribution in [0, 0.1) is 5.92 Å². The van der Waals surface area contributed by atoms with E-state index in [2.05, 4.69) is 5.32 Å². The van der Waals surface area contributed by atoms with E-state index >= 15 is 0 Å². The van der Waals surface area contributed by atoms with E-state index in [1.807, 2.05) is 0 Å². The Bertz CT molecular complexity index is 1260. The summed E-state index contributed by atoms with van der Waals surface area (Å²) in [5.41, 5.74) is -1.40. The van der Waals surface area contributed by atoms with Crippen molar-refractivity contribution >= 4 is 17.8 Å². The number of benzene rings is 2. The van der Waals surface area contributed by atoms with Gasteiger partial charge in [-0.25, -0.2) is 0 Å². The molecule has 2 amide bonds. The van der Waals surface area contributed by atoms with Crippen LogP contribution in [0.15, 0.2) is 48.5 Å². The molecule has 0 saturated carbocycles. The third kappa shape index (κ3) is 7.81. The van der Waals surface area contributed by atoms with Crippen LogP contribution in [0.2, 0.25) is 0 Å². The molecular weight excluding hydrogens is 568 g/mol. The number of ether oxygens (including phenoxy) is 1. The molecule has 3 atom stereocenters. The summed E-state index contributed by atoms with van der Waals surface area (Å²) in [5.74, 6) is -2.50. The van der Waals surface area contributed by atoms with Gasteiger partial charge in [-0.3, -0.25) is 14.4 Å². The number of carbonyl (C=O) groups excluding carboxylic acids is 3. The van der Waals surface area contributed by atoms with Crippen LogP contribution in [-0.2, 0) is 33.2 Å². The molecule has 7 nitrogen and oxygen atoms in total. The van der Waals surface area contributed by atoms with Gasteiger partial charge in [0.15, 0.2) is 0 Å². The molecule has 0 aliphatic carbocycles. The number of halogens is 6. The van der Waals surface area contributed by atoms with E-state index in [1.54, 1.807) is 0 Å². The molecule has 42 heavy (non-hydrogen) atoms. The lowest BCUT2D eigenvalue weighted by molar-refractivity contribution is -0.151. The predicted octanol–water partition coefficient (Wildman–Crippen LogP) is 4.69. The normalized spacial score (nSPS) is 20.4. The SMILES string of the molecule is CC(=O)N1CCN(C(=O)Cc2ccc(C(F)(F)F)cc2)C(C(CC2CCCN2)C(=O)Oc2ccc(C(F)(F)F)cc2)C1. The average molecular weight is 600 g/mol. The Morgan fingerprint density at radius 2 is 1.52 bits per heavy atom. The van der Waals surface area contributed by atoms with Gasteiger partial charge < -0.3 is 19.9 Å². The van der Waals surface area contributed by atoms with Gasteiger partial charge in [0.05, 0.1) is 29.5 Å². The second-order valence-electron chi connectivity index (χ2n) is 10.6. The first-order valence-corrected chi connectivity index (χ1v) is 13.6. The molecule has 2 fully saturated rings. The summed E-state index contributed by atoms with van der Waals surface area (Å²) in [6, 6.07) is 7.00. The number of alkyl halides is 6. The molecule has 2 aromatic carbocycles. The minimum atomic E-state index is -4.56. The Labute approximate surface area is 238 Å². The Morgan fingerprint density at radius 3 is 2.05 bits per heavy atom. The summed E-state index contributed by atoms with van der Waals surface area (Å²) >= 11 is 0. The van der Waals surface area contributed by atoms with Crippen LogP contribution in [0.3, 0.4) is 0 Å². The van der Waals surface area contributed by atoms with E-state index in [-0.39, 0.29) is 50.2 Å². The number of nitrogens with zero attached hydrogens (tertiary/aromatic N) is 2. The van der Waals surface area contributed by atoms with Gasteiger partial charge in [-0.1, -0.05) is 12.1 Å². The van der Waals surface area contributed by atoms with Gasteiger partial charge in [-0.2, -0.15) is 26.3 Å². The summed E-state index contributed by atoms with van der Waals surface area (Å²) in [6.07, 6.45) is -7.44. The summed E-state index contributed by atoms with van der Waals surface area (Å²) in [7, 11) is 0. The Balaban J connectivity index is 1.59. The minimum absolute atomic E-state index is 0.0214. The number of nitrogens with one attached hydrogen (secondary N) is 1. The fraction of sp³-hybridized carbons (Fsp3) is 0.483. The van der Waals surface area contributed by atoms with Crippen LogP contribution in [-0.4, -0.2) is 65.8 Å². The van der Waals surface area contributed by atoms with E-state index in [0.717, 1.165) is 55.8 Å². The van der Waals surface area contributed by atoms with E-state index in [9.17, 15) is 40.7 Å². The molecule has 2 aromatic rings. The van der Waals surface area contributed by atoms with Crippen LogP contribution in [0.1, 0.15) is 42.9 Å². The molecule has 0 aromatic heterocycles. The van der Waals surface area contributed by atoms with Crippen molar-refractivity contribution in [2.45, 2.75) is 57.0 Å². The van der Waals surface area contributed by atoms with Gasteiger partial charge in [0, 0.05) is 32.6 Å². The van der Waals surface area contributed by atoms with Crippen LogP contribution in [0.4, 0.5) is 26.3 Å². The third-order valence-corrected chi connectivity index (χ3v) is 7.69. The molecule has 4 rings (SSSR count). The average Bonchev–Trinajstić information content (AvgIpc) is 3.44. The molecule has 0 spiro atoms. The largest absolute Gasteiger partial charge is 0.426 e. The van der Waals surface area contributed by atoms with Gasteiger partial charge in [0.2, 0.25) is 11.8 Å². The van der Waals surface area contributed by atoms with Crippen molar-refractivity contribution in [3.8, 4) is 5.75 Å². The van der Waals surface area contributed by atoms with Crippen LogP contribution in [0.5, 0.6) is 5.75 Å². The quantitative estimate of drug-likeness (QED) is 0.284. The maximum Gasteiger partial charge on any atom is 0.416 e. The van der Waals surface area contributed by atoms with Crippen molar-refractivity contribution in [1.29, 1.82) is 0 Å². The van der Waals surface area contributed by atoms with Crippen molar-refractivity contribution in [3.63, 3.8) is 0 Å². The Hall–Kier alpha value is -3.61. The number of amides is 2. The fourth-order valence-corrected chi connectivity index (χ4v) is 5.42. The van der Waals surface area contributed by atoms with E-state index in [0.29, 0.717) is 5.56 Å². The number of esters is 1. The molecule has 0 bridgehead atoms. The second-order valence-corrected chi connectivity index (χ2v) is 10.6. The first-order valence-electron chi connectivity index (χ1n) is 13.6. The summed E-state index contributed by atoms with van der Waals surface area (Å²) in [6.45, 7) is 2.41. The van der Waals surface area contributed by atoms with Crippen molar-refractivity contribution < 1.29 is 45.5 Å². The second kappa shape index (κ2) is 12.7. The fourth-order valence-electron chi connectivity index (χ4n) is 5.42. The van der Waals surface area contributed by atoms with Crippen LogP contribution < -0.4 is 10.1 Å². The molecule has 2 aliphatic heterocycles. The maximum atomic E-state index is 13.6. The highest BCUT2D eigenvalue weighted by Crippen LogP contribution is 2.32. The Kier molecular flexibility index (Phi) is 9.49. The lowest BCUT2D eigenvalue weighted by atomic mass is 9.88. The smallest absolute Gasteiger partial charge is 0.416 e. The number of rotatable bonds is 7. The predicted molar refractivity (Wildman–Crippen MR) is 139 cm³/mol. The summed E-state index contributed by atoms with van der Waals surface area (Å²) < 4.78 is 83.4. The molecule has 2 saturated heterocycles. The van der Waals surface area contributed by atoms with Crippen molar-refractivity contribution in [2.75, 3.05) is 26.2 Å². The lowest BCUT2D eigenvalue weighted by Gasteiger charge is -2.44. The van der Waals surface area contributed by atoms with E-state index in [1.165, 1.54) is 28.9 Å². The molecular formula is C29H31F6N3O4. The zero-order chi connectivity index (χ0) is 30.7. The first-order chi connectivity index (χ1) is 19.7.